The number of carbonyl (C=O) groups is 2. The molecule has 1 saturated carbocycles. The number of esters is 1. The molecule has 3 saturated heterocycles. The van der Waals surface area contributed by atoms with Gasteiger partial charge in [-0.25, -0.2) is 0 Å². The second-order valence-electron chi connectivity index (χ2n) is 11.3. The maximum Gasteiger partial charge on any atom is 0.317 e. The van der Waals surface area contributed by atoms with Gasteiger partial charge in [0, 0.05) is 18.8 Å². The molecule has 3 aromatic rings. The van der Waals surface area contributed by atoms with E-state index in [4.69, 9.17) is 9.26 Å². The van der Waals surface area contributed by atoms with Crippen LogP contribution in [0, 0.1) is 5.92 Å². The summed E-state index contributed by atoms with van der Waals surface area (Å²) < 4.78 is 12.4. The fourth-order valence-electron chi connectivity index (χ4n) is 6.98. The van der Waals surface area contributed by atoms with Crippen molar-refractivity contribution in [3.63, 3.8) is 0 Å². The molecule has 4 heterocycles. The summed E-state index contributed by atoms with van der Waals surface area (Å²) >= 11 is 0. The van der Waals surface area contributed by atoms with Crippen molar-refractivity contribution in [2.75, 3.05) is 31.5 Å². The molecule has 1 N–H and O–H groups in total. The third-order valence-corrected chi connectivity index (χ3v) is 9.09. The first-order valence-corrected chi connectivity index (χ1v) is 13.8. The van der Waals surface area contributed by atoms with Gasteiger partial charge in [0.2, 0.25) is 0 Å². The number of rotatable bonds is 6. The van der Waals surface area contributed by atoms with Crippen LogP contribution in [0.5, 0.6) is 0 Å². The first-order valence-electron chi connectivity index (χ1n) is 13.8. The lowest BCUT2D eigenvalue weighted by molar-refractivity contribution is -0.939. The highest BCUT2D eigenvalue weighted by molar-refractivity contribution is 5.99. The van der Waals surface area contributed by atoms with Crippen LogP contribution in [0.2, 0.25) is 0 Å². The number of para-hydroxylation sites is 1. The van der Waals surface area contributed by atoms with E-state index in [1.807, 2.05) is 42.5 Å². The molecule has 8 heteroatoms. The van der Waals surface area contributed by atoms with Gasteiger partial charge in [-0.1, -0.05) is 73.3 Å². The second-order valence-corrected chi connectivity index (χ2v) is 11.3. The SMILES string of the molecule is O=C(C[N+]12CCC(CC1)C(OC(=O)C1(c3ccccc3)CCCCCC1)C2)Nc1noc2ccccc12.[Br-]. The summed E-state index contributed by atoms with van der Waals surface area (Å²) in [5.74, 6) is 0.710. The van der Waals surface area contributed by atoms with E-state index in [9.17, 15) is 9.59 Å². The molecule has 1 aliphatic carbocycles. The monoisotopic (exact) mass is 581 g/mol. The number of ether oxygens (including phenoxy) is 1. The maximum absolute atomic E-state index is 14.0. The number of piperidine rings is 3. The predicted molar refractivity (Wildman–Crippen MR) is 141 cm³/mol. The molecule has 202 valence electrons. The predicted octanol–water partition coefficient (Wildman–Crippen LogP) is 2.21. The van der Waals surface area contributed by atoms with Gasteiger partial charge in [-0.15, -0.1) is 0 Å². The molecule has 0 radical (unpaired) electrons. The number of quaternary nitrogens is 1. The average molecular weight is 583 g/mol. The number of amides is 1. The summed E-state index contributed by atoms with van der Waals surface area (Å²) in [5.41, 5.74) is 1.19. The lowest BCUT2D eigenvalue weighted by atomic mass is 9.74. The number of benzene rings is 2. The van der Waals surface area contributed by atoms with Crippen LogP contribution in [-0.2, 0) is 19.7 Å². The molecule has 38 heavy (non-hydrogen) atoms. The molecule has 4 aliphatic rings. The number of hydrogen-bond donors (Lipinski definition) is 1. The van der Waals surface area contributed by atoms with Crippen LogP contribution in [-0.4, -0.2) is 53.8 Å². The molecule has 2 aromatic carbocycles. The Balaban J connectivity index is 0.00000294. The summed E-state index contributed by atoms with van der Waals surface area (Å²) in [7, 11) is 0. The Hall–Kier alpha value is -2.71. The van der Waals surface area contributed by atoms with Gasteiger partial charge >= 0.3 is 5.97 Å². The number of carbonyl (C=O) groups excluding carboxylic acids is 2. The summed E-state index contributed by atoms with van der Waals surface area (Å²) in [4.78, 5) is 27.1. The molecule has 1 aromatic heterocycles. The second kappa shape index (κ2) is 11.2. The summed E-state index contributed by atoms with van der Waals surface area (Å²) in [6.45, 7) is 2.94. The van der Waals surface area contributed by atoms with Gasteiger partial charge in [-0.2, -0.15) is 0 Å². The number of nitrogens with one attached hydrogen (secondary N) is 1. The van der Waals surface area contributed by atoms with Crippen LogP contribution < -0.4 is 22.3 Å². The van der Waals surface area contributed by atoms with E-state index >= 15 is 0 Å². The fraction of sp³-hybridized carbons (Fsp3) is 0.500. The Morgan fingerprint density at radius 2 is 1.66 bits per heavy atom. The Bertz CT molecular complexity index is 1260. The number of hydrogen-bond acceptors (Lipinski definition) is 5. The van der Waals surface area contributed by atoms with Crippen LogP contribution in [0.1, 0.15) is 56.9 Å². The van der Waals surface area contributed by atoms with Crippen molar-refractivity contribution in [3.05, 3.63) is 60.2 Å². The van der Waals surface area contributed by atoms with E-state index in [2.05, 4.69) is 22.6 Å². The molecular formula is C30H36BrN3O4. The summed E-state index contributed by atoms with van der Waals surface area (Å²) in [6.07, 6.45) is 7.96. The van der Waals surface area contributed by atoms with Crippen LogP contribution in [0.4, 0.5) is 5.82 Å². The van der Waals surface area contributed by atoms with Crippen molar-refractivity contribution in [2.24, 2.45) is 5.92 Å². The molecule has 0 spiro atoms. The first kappa shape index (κ1) is 26.9. The van der Waals surface area contributed by atoms with Crippen molar-refractivity contribution in [2.45, 2.75) is 62.9 Å². The van der Waals surface area contributed by atoms with Gasteiger partial charge in [0.15, 0.2) is 24.0 Å². The van der Waals surface area contributed by atoms with Crippen LogP contribution in [0.25, 0.3) is 11.0 Å². The number of aromatic nitrogens is 1. The fourth-order valence-corrected chi connectivity index (χ4v) is 6.98. The van der Waals surface area contributed by atoms with Gasteiger partial charge < -0.3 is 36.0 Å². The lowest BCUT2D eigenvalue weighted by Gasteiger charge is -2.52. The zero-order valence-corrected chi connectivity index (χ0v) is 23.3. The van der Waals surface area contributed by atoms with E-state index in [1.165, 1.54) is 12.8 Å². The Labute approximate surface area is 234 Å². The standard InChI is InChI=1S/C30H35N3O4.BrH/c34-27(31-28-24-12-6-7-13-25(24)37-32-28)21-33-18-14-22(15-19-33)26(20-33)36-29(35)30(16-8-1-2-9-17-30)23-10-4-3-5-11-23;/h3-7,10-13,22,26H,1-2,8-9,14-21H2;1H. The molecule has 2 bridgehead atoms. The van der Waals surface area contributed by atoms with E-state index in [0.717, 1.165) is 62.6 Å². The summed E-state index contributed by atoms with van der Waals surface area (Å²) in [5, 5.41) is 7.82. The molecule has 1 atom stereocenters. The van der Waals surface area contributed by atoms with Gasteiger partial charge in [-0.05, 0) is 30.5 Å². The molecule has 3 aliphatic heterocycles. The smallest absolute Gasteiger partial charge is 0.317 e. The van der Waals surface area contributed by atoms with Crippen molar-refractivity contribution >= 4 is 28.7 Å². The molecule has 4 fully saturated rings. The normalized spacial score (nSPS) is 26.2. The highest BCUT2D eigenvalue weighted by atomic mass is 79.9. The van der Waals surface area contributed by atoms with E-state index in [1.54, 1.807) is 0 Å². The highest BCUT2D eigenvalue weighted by Crippen LogP contribution is 2.42. The van der Waals surface area contributed by atoms with E-state index in [-0.39, 0.29) is 35.0 Å². The van der Waals surface area contributed by atoms with Crippen molar-refractivity contribution in [1.82, 2.24) is 5.16 Å². The first-order chi connectivity index (χ1) is 18.1. The Morgan fingerprint density at radius 3 is 2.39 bits per heavy atom. The average Bonchev–Trinajstić information content (AvgIpc) is 3.15. The van der Waals surface area contributed by atoms with Crippen LogP contribution >= 0.6 is 0 Å². The van der Waals surface area contributed by atoms with E-state index < -0.39 is 5.41 Å². The van der Waals surface area contributed by atoms with Gasteiger partial charge in [0.05, 0.1) is 23.9 Å². The molecule has 7 nitrogen and oxygen atoms in total. The number of nitrogens with zero attached hydrogens (tertiary/aromatic N) is 2. The summed E-state index contributed by atoms with van der Waals surface area (Å²) in [6, 6.07) is 17.8. The van der Waals surface area contributed by atoms with Crippen LogP contribution in [0.15, 0.2) is 59.1 Å². The molecule has 1 amide bonds. The largest absolute Gasteiger partial charge is 1.00 e. The number of fused-ring (bicyclic) bond motifs is 4. The van der Waals surface area contributed by atoms with Gasteiger partial charge in [0.1, 0.15) is 6.54 Å². The minimum absolute atomic E-state index is 0. The van der Waals surface area contributed by atoms with Crippen LogP contribution in [0.3, 0.4) is 0 Å². The topological polar surface area (TPSA) is 81.4 Å². The highest BCUT2D eigenvalue weighted by Gasteiger charge is 2.51. The van der Waals surface area contributed by atoms with Crippen molar-refractivity contribution in [1.29, 1.82) is 0 Å². The Morgan fingerprint density at radius 1 is 0.974 bits per heavy atom. The zero-order valence-electron chi connectivity index (χ0n) is 21.7. The van der Waals surface area contributed by atoms with Gasteiger partial charge in [-0.3, -0.25) is 9.59 Å². The van der Waals surface area contributed by atoms with Gasteiger partial charge in [0.25, 0.3) is 5.91 Å². The maximum atomic E-state index is 14.0. The third-order valence-electron chi connectivity index (χ3n) is 9.09. The Kier molecular flexibility index (Phi) is 7.91. The minimum Gasteiger partial charge on any atom is -1.00 e. The van der Waals surface area contributed by atoms with Crippen molar-refractivity contribution < 1.29 is 40.3 Å². The quantitative estimate of drug-likeness (QED) is 0.274. The molecular weight excluding hydrogens is 546 g/mol. The number of halogens is 1. The third kappa shape index (κ3) is 5.13. The lowest BCUT2D eigenvalue weighted by Crippen LogP contribution is -3.00. The van der Waals surface area contributed by atoms with E-state index in [0.29, 0.717) is 34.9 Å². The molecule has 7 rings (SSSR count). The number of anilines is 1. The minimum atomic E-state index is -0.556. The molecule has 1 unspecified atom stereocenters. The zero-order chi connectivity index (χ0) is 25.3. The van der Waals surface area contributed by atoms with Crippen molar-refractivity contribution in [3.8, 4) is 0 Å².